The minimum Gasteiger partial charge on any atom is -0.507 e. The Labute approximate surface area is 218 Å². The fraction of sp³-hybridized carbons (Fsp3) is 0.207. The second kappa shape index (κ2) is 9.71. The molecule has 1 aliphatic rings. The molecular formula is C29H26N2O5S. The van der Waals surface area contributed by atoms with Gasteiger partial charge in [0.05, 0.1) is 35.5 Å². The van der Waals surface area contributed by atoms with Crippen LogP contribution in [0.5, 0.6) is 11.5 Å². The molecular weight excluding hydrogens is 488 g/mol. The average molecular weight is 515 g/mol. The van der Waals surface area contributed by atoms with Gasteiger partial charge in [-0.3, -0.25) is 14.5 Å². The van der Waals surface area contributed by atoms with Crippen molar-refractivity contribution in [1.82, 2.24) is 4.98 Å². The number of thiazole rings is 1. The molecule has 37 heavy (non-hydrogen) atoms. The van der Waals surface area contributed by atoms with E-state index in [9.17, 15) is 14.7 Å². The summed E-state index contributed by atoms with van der Waals surface area (Å²) < 4.78 is 11.8. The van der Waals surface area contributed by atoms with Crippen LogP contribution in [0, 0.1) is 13.8 Å². The van der Waals surface area contributed by atoms with Crippen molar-refractivity contribution in [2.75, 3.05) is 18.6 Å². The topological polar surface area (TPSA) is 89.0 Å². The summed E-state index contributed by atoms with van der Waals surface area (Å²) in [6.07, 6.45) is 0. The number of aromatic nitrogens is 1. The van der Waals surface area contributed by atoms with E-state index >= 15 is 0 Å². The normalized spacial score (nSPS) is 17.0. The third-order valence-electron chi connectivity index (χ3n) is 6.37. The van der Waals surface area contributed by atoms with Gasteiger partial charge in [-0.1, -0.05) is 41.2 Å². The predicted octanol–water partition coefficient (Wildman–Crippen LogP) is 5.95. The van der Waals surface area contributed by atoms with Crippen molar-refractivity contribution in [2.45, 2.75) is 26.8 Å². The van der Waals surface area contributed by atoms with Crippen molar-refractivity contribution in [1.29, 1.82) is 0 Å². The smallest absolute Gasteiger partial charge is 0.301 e. The third kappa shape index (κ3) is 4.34. The van der Waals surface area contributed by atoms with E-state index in [-0.39, 0.29) is 11.3 Å². The van der Waals surface area contributed by atoms with Crippen LogP contribution in [0.15, 0.2) is 66.2 Å². The Kier molecular flexibility index (Phi) is 6.43. The standard InChI is InChI=1S/C29H26N2O5S/c1-5-36-20-11-12-22-23(15-20)37-29(30-22)31-25(18-7-6-8-19(14-18)35-4)24(27(33)28(31)34)26(32)21-13-16(2)9-10-17(21)3/h6-15,25,32H,5H2,1-4H3. The van der Waals surface area contributed by atoms with Gasteiger partial charge in [-0.05, 0) is 68.3 Å². The number of ether oxygens (including phenoxy) is 2. The largest absolute Gasteiger partial charge is 0.507 e. The number of aryl methyl sites for hydroxylation is 2. The Balaban J connectivity index is 1.73. The Morgan fingerprint density at radius 1 is 1.05 bits per heavy atom. The van der Waals surface area contributed by atoms with E-state index in [0.29, 0.717) is 39.9 Å². The molecule has 5 rings (SSSR count). The summed E-state index contributed by atoms with van der Waals surface area (Å²) >= 11 is 1.29. The number of hydrogen-bond acceptors (Lipinski definition) is 7. The fourth-order valence-corrected chi connectivity index (χ4v) is 5.57. The lowest BCUT2D eigenvalue weighted by molar-refractivity contribution is -0.132. The summed E-state index contributed by atoms with van der Waals surface area (Å²) in [5.74, 6) is -0.453. The van der Waals surface area contributed by atoms with Gasteiger partial charge in [0.2, 0.25) is 0 Å². The lowest BCUT2D eigenvalue weighted by Crippen LogP contribution is -2.29. The second-order valence-electron chi connectivity index (χ2n) is 8.82. The first-order chi connectivity index (χ1) is 17.8. The molecule has 0 aliphatic carbocycles. The molecule has 8 heteroatoms. The zero-order valence-corrected chi connectivity index (χ0v) is 21.8. The van der Waals surface area contributed by atoms with Crippen LogP contribution in [0.3, 0.4) is 0 Å². The Bertz CT molecular complexity index is 1570. The van der Waals surface area contributed by atoms with Crippen molar-refractivity contribution in [3.05, 3.63) is 88.5 Å². The number of fused-ring (bicyclic) bond motifs is 1. The molecule has 0 radical (unpaired) electrons. The van der Waals surface area contributed by atoms with Crippen LogP contribution in [0.2, 0.25) is 0 Å². The molecule has 188 valence electrons. The number of amides is 1. The number of rotatable bonds is 6. The number of anilines is 1. The van der Waals surface area contributed by atoms with Gasteiger partial charge < -0.3 is 14.6 Å². The molecule has 1 amide bonds. The van der Waals surface area contributed by atoms with Crippen molar-refractivity contribution in [3.8, 4) is 11.5 Å². The number of carbonyl (C=O) groups excluding carboxylic acids is 2. The molecule has 0 saturated carbocycles. The summed E-state index contributed by atoms with van der Waals surface area (Å²) in [5.41, 5.74) is 3.56. The van der Waals surface area contributed by atoms with E-state index < -0.39 is 17.7 Å². The molecule has 1 aliphatic heterocycles. The van der Waals surface area contributed by atoms with Crippen molar-refractivity contribution in [2.24, 2.45) is 0 Å². The van der Waals surface area contributed by atoms with Gasteiger partial charge in [-0.15, -0.1) is 0 Å². The SMILES string of the molecule is CCOc1ccc2nc(N3C(=O)C(=O)C(=C(O)c4cc(C)ccc4C)C3c3cccc(OC)c3)sc2c1. The molecule has 1 atom stereocenters. The molecule has 1 N–H and O–H groups in total. The number of nitrogens with zero attached hydrogens (tertiary/aromatic N) is 2. The first-order valence-electron chi connectivity index (χ1n) is 11.9. The van der Waals surface area contributed by atoms with Crippen molar-refractivity contribution >= 4 is 44.1 Å². The fourth-order valence-electron chi connectivity index (χ4n) is 4.55. The monoisotopic (exact) mass is 514 g/mol. The first kappa shape index (κ1) is 24.5. The number of methoxy groups -OCH3 is 1. The van der Waals surface area contributed by atoms with Gasteiger partial charge in [0.15, 0.2) is 5.13 Å². The molecule has 2 heterocycles. The second-order valence-corrected chi connectivity index (χ2v) is 9.83. The maximum atomic E-state index is 13.5. The lowest BCUT2D eigenvalue weighted by atomic mass is 9.93. The van der Waals surface area contributed by atoms with E-state index in [1.165, 1.54) is 16.2 Å². The summed E-state index contributed by atoms with van der Waals surface area (Å²) in [7, 11) is 1.55. The van der Waals surface area contributed by atoms with Gasteiger partial charge in [0.1, 0.15) is 17.3 Å². The van der Waals surface area contributed by atoms with E-state index in [1.807, 2.05) is 63.2 Å². The van der Waals surface area contributed by atoms with Crippen LogP contribution in [0.25, 0.3) is 16.0 Å². The van der Waals surface area contributed by atoms with E-state index in [2.05, 4.69) is 4.98 Å². The maximum Gasteiger partial charge on any atom is 0.301 e. The summed E-state index contributed by atoms with van der Waals surface area (Å²) in [6.45, 7) is 6.20. The van der Waals surface area contributed by atoms with Gasteiger partial charge in [0.25, 0.3) is 5.78 Å². The van der Waals surface area contributed by atoms with E-state index in [1.54, 1.807) is 25.3 Å². The number of aliphatic hydroxyl groups excluding tert-OH is 1. The van der Waals surface area contributed by atoms with Crippen LogP contribution >= 0.6 is 11.3 Å². The molecule has 1 fully saturated rings. The van der Waals surface area contributed by atoms with Crippen LogP contribution in [0.4, 0.5) is 5.13 Å². The Morgan fingerprint density at radius 2 is 1.86 bits per heavy atom. The molecule has 1 aromatic heterocycles. The zero-order valence-electron chi connectivity index (χ0n) is 20.9. The Hall–Kier alpha value is -4.17. The predicted molar refractivity (Wildman–Crippen MR) is 144 cm³/mol. The average Bonchev–Trinajstić information content (AvgIpc) is 3.43. The van der Waals surface area contributed by atoms with Gasteiger partial charge in [-0.25, -0.2) is 4.98 Å². The van der Waals surface area contributed by atoms with Crippen molar-refractivity contribution < 1.29 is 24.2 Å². The minimum atomic E-state index is -0.887. The molecule has 1 unspecified atom stereocenters. The molecule has 4 aromatic rings. The van der Waals surface area contributed by atoms with E-state index in [0.717, 1.165) is 15.8 Å². The van der Waals surface area contributed by atoms with Gasteiger partial charge >= 0.3 is 5.91 Å². The zero-order chi connectivity index (χ0) is 26.3. The quantitative estimate of drug-likeness (QED) is 0.194. The highest BCUT2D eigenvalue weighted by atomic mass is 32.1. The van der Waals surface area contributed by atoms with Crippen molar-refractivity contribution in [3.63, 3.8) is 0 Å². The summed E-state index contributed by atoms with van der Waals surface area (Å²) in [4.78, 5) is 33.1. The highest BCUT2D eigenvalue weighted by Gasteiger charge is 2.48. The number of aliphatic hydroxyl groups is 1. The summed E-state index contributed by atoms with van der Waals surface area (Å²) in [6, 6.07) is 17.4. The van der Waals surface area contributed by atoms with Crippen LogP contribution in [0.1, 0.15) is 35.2 Å². The Morgan fingerprint density at radius 3 is 2.62 bits per heavy atom. The summed E-state index contributed by atoms with van der Waals surface area (Å²) in [5, 5.41) is 11.8. The van der Waals surface area contributed by atoms with E-state index in [4.69, 9.17) is 9.47 Å². The number of hydrogen-bond donors (Lipinski definition) is 1. The number of Topliss-reactive ketones (excluding diaryl/α,β-unsaturated/α-hetero) is 1. The molecule has 1 saturated heterocycles. The van der Waals surface area contributed by atoms with Gasteiger partial charge in [0, 0.05) is 5.56 Å². The molecule has 0 bridgehead atoms. The molecule has 3 aromatic carbocycles. The lowest BCUT2D eigenvalue weighted by Gasteiger charge is -2.23. The first-order valence-corrected chi connectivity index (χ1v) is 12.7. The number of benzene rings is 3. The number of carbonyl (C=O) groups is 2. The van der Waals surface area contributed by atoms with Crippen LogP contribution in [-0.4, -0.2) is 35.5 Å². The van der Waals surface area contributed by atoms with Crippen LogP contribution < -0.4 is 14.4 Å². The molecule has 7 nitrogen and oxygen atoms in total. The minimum absolute atomic E-state index is 0.0150. The highest BCUT2D eigenvalue weighted by Crippen LogP contribution is 2.45. The number of ketones is 1. The third-order valence-corrected chi connectivity index (χ3v) is 7.39. The van der Waals surface area contributed by atoms with Crippen LogP contribution in [-0.2, 0) is 9.59 Å². The maximum absolute atomic E-state index is 13.5. The van der Waals surface area contributed by atoms with Gasteiger partial charge in [-0.2, -0.15) is 0 Å². The molecule has 0 spiro atoms. The highest BCUT2D eigenvalue weighted by molar-refractivity contribution is 7.22.